The summed E-state index contributed by atoms with van der Waals surface area (Å²) in [6.07, 6.45) is 0.832. The van der Waals surface area contributed by atoms with E-state index < -0.39 is 0 Å². The fourth-order valence-electron chi connectivity index (χ4n) is 1.99. The molecule has 1 aromatic carbocycles. The van der Waals surface area contributed by atoms with Crippen LogP contribution >= 0.6 is 22.9 Å². The second-order valence-electron chi connectivity index (χ2n) is 4.89. The molecule has 0 saturated carbocycles. The molecule has 0 unspecified atom stereocenters. The van der Waals surface area contributed by atoms with Crippen molar-refractivity contribution < 1.29 is 4.79 Å². The van der Waals surface area contributed by atoms with Gasteiger partial charge in [0.25, 0.3) is 5.91 Å². The summed E-state index contributed by atoms with van der Waals surface area (Å²) in [7, 11) is 3.85. The molecule has 0 spiro atoms. The van der Waals surface area contributed by atoms with Crippen LogP contribution in [0, 0.1) is 6.92 Å². The maximum Gasteiger partial charge on any atom is 0.267 e. The standard InChI is InChI=1S/C15H18ClN3OS/c1-5-13-17-9(2)14(21-13)15(20)18-11-8-10(16)6-7-12(11)19(3)4/h6-8H,5H2,1-4H3,(H,18,20). The molecule has 6 heteroatoms. The minimum absolute atomic E-state index is 0.143. The number of nitrogens with zero attached hydrogens (tertiary/aromatic N) is 2. The van der Waals surface area contributed by atoms with Gasteiger partial charge in [-0.15, -0.1) is 11.3 Å². The molecule has 0 atom stereocenters. The van der Waals surface area contributed by atoms with Gasteiger partial charge in [0.05, 0.1) is 22.1 Å². The van der Waals surface area contributed by atoms with Crippen molar-refractivity contribution in [1.82, 2.24) is 4.98 Å². The van der Waals surface area contributed by atoms with Crippen LogP contribution < -0.4 is 10.2 Å². The Hall–Kier alpha value is -1.59. The van der Waals surface area contributed by atoms with E-state index >= 15 is 0 Å². The monoisotopic (exact) mass is 323 g/mol. The van der Waals surface area contributed by atoms with Crippen molar-refractivity contribution in [3.8, 4) is 0 Å². The van der Waals surface area contributed by atoms with E-state index in [1.54, 1.807) is 12.1 Å². The van der Waals surface area contributed by atoms with Gasteiger partial charge in [0.15, 0.2) is 0 Å². The van der Waals surface area contributed by atoms with E-state index in [0.717, 1.165) is 22.8 Å². The highest BCUT2D eigenvalue weighted by molar-refractivity contribution is 7.13. The second-order valence-corrected chi connectivity index (χ2v) is 6.41. The van der Waals surface area contributed by atoms with Crippen molar-refractivity contribution in [3.05, 3.63) is 38.8 Å². The highest BCUT2D eigenvalue weighted by atomic mass is 35.5. The van der Waals surface area contributed by atoms with E-state index in [1.807, 2.05) is 38.9 Å². The van der Waals surface area contributed by atoms with Crippen LogP contribution in [0.1, 0.15) is 27.3 Å². The van der Waals surface area contributed by atoms with Crippen molar-refractivity contribution >= 4 is 40.2 Å². The van der Waals surface area contributed by atoms with Crippen molar-refractivity contribution in [2.75, 3.05) is 24.3 Å². The smallest absolute Gasteiger partial charge is 0.267 e. The molecule has 0 aliphatic carbocycles. The van der Waals surface area contributed by atoms with Crippen LogP contribution in [0.4, 0.5) is 11.4 Å². The van der Waals surface area contributed by atoms with Crippen molar-refractivity contribution in [2.45, 2.75) is 20.3 Å². The first-order chi connectivity index (χ1) is 9.92. The third-order valence-corrected chi connectivity index (χ3v) is 4.57. The van der Waals surface area contributed by atoms with Crippen LogP contribution in [0.15, 0.2) is 18.2 Å². The van der Waals surface area contributed by atoms with E-state index in [-0.39, 0.29) is 5.91 Å². The number of nitrogens with one attached hydrogen (secondary N) is 1. The van der Waals surface area contributed by atoms with Crippen LogP contribution in [-0.4, -0.2) is 25.0 Å². The zero-order valence-corrected chi connectivity index (χ0v) is 14.1. The molecule has 21 heavy (non-hydrogen) atoms. The van der Waals surface area contributed by atoms with Gasteiger partial charge in [0.1, 0.15) is 4.88 Å². The SMILES string of the molecule is CCc1nc(C)c(C(=O)Nc2cc(Cl)ccc2N(C)C)s1. The summed E-state index contributed by atoms with van der Waals surface area (Å²) in [6.45, 7) is 3.89. The van der Waals surface area contributed by atoms with Crippen molar-refractivity contribution in [2.24, 2.45) is 0 Å². The fraction of sp³-hybridized carbons (Fsp3) is 0.333. The molecule has 0 aliphatic heterocycles. The minimum atomic E-state index is -0.143. The van der Waals surface area contributed by atoms with Gasteiger partial charge in [0, 0.05) is 19.1 Å². The number of aromatic nitrogens is 1. The molecular weight excluding hydrogens is 306 g/mol. The number of halogens is 1. The normalized spacial score (nSPS) is 10.5. The summed E-state index contributed by atoms with van der Waals surface area (Å²) >= 11 is 7.46. The lowest BCUT2D eigenvalue weighted by molar-refractivity contribution is 0.103. The molecule has 0 saturated heterocycles. The predicted octanol–water partition coefficient (Wildman–Crippen LogP) is 3.99. The van der Waals surface area contributed by atoms with Gasteiger partial charge in [0.2, 0.25) is 0 Å². The average molecular weight is 324 g/mol. The Morgan fingerprint density at radius 1 is 1.43 bits per heavy atom. The Bertz CT molecular complexity index is 667. The van der Waals surface area contributed by atoms with E-state index in [9.17, 15) is 4.79 Å². The number of rotatable bonds is 4. The molecule has 1 N–H and O–H groups in total. The molecule has 0 fully saturated rings. The molecule has 2 aromatic rings. The molecule has 1 heterocycles. The Labute approximate surface area is 133 Å². The lowest BCUT2D eigenvalue weighted by Gasteiger charge is -2.18. The summed E-state index contributed by atoms with van der Waals surface area (Å²) < 4.78 is 0. The Morgan fingerprint density at radius 3 is 2.71 bits per heavy atom. The van der Waals surface area contributed by atoms with Crippen LogP contribution in [0.25, 0.3) is 0 Å². The molecule has 0 radical (unpaired) electrons. The van der Waals surface area contributed by atoms with Gasteiger partial charge >= 0.3 is 0 Å². The molecule has 0 aliphatic rings. The van der Waals surface area contributed by atoms with Gasteiger partial charge in [-0.1, -0.05) is 18.5 Å². The molecule has 1 aromatic heterocycles. The molecule has 0 bridgehead atoms. The number of hydrogen-bond acceptors (Lipinski definition) is 4. The minimum Gasteiger partial charge on any atom is -0.376 e. The summed E-state index contributed by atoms with van der Waals surface area (Å²) in [4.78, 5) is 19.4. The molecule has 1 amide bonds. The predicted molar refractivity (Wildman–Crippen MR) is 90.0 cm³/mol. The van der Waals surface area contributed by atoms with Crippen molar-refractivity contribution in [3.63, 3.8) is 0 Å². The molecular formula is C15H18ClN3OS. The number of anilines is 2. The van der Waals surface area contributed by atoms with Gasteiger partial charge < -0.3 is 10.2 Å². The van der Waals surface area contributed by atoms with Gasteiger partial charge in [-0.25, -0.2) is 4.98 Å². The van der Waals surface area contributed by atoms with E-state index in [4.69, 9.17) is 11.6 Å². The van der Waals surface area contributed by atoms with Crippen LogP contribution in [0.5, 0.6) is 0 Å². The molecule has 2 rings (SSSR count). The summed E-state index contributed by atoms with van der Waals surface area (Å²) in [5.74, 6) is -0.143. The third kappa shape index (κ3) is 3.54. The lowest BCUT2D eigenvalue weighted by atomic mass is 10.2. The summed E-state index contributed by atoms with van der Waals surface area (Å²) in [5, 5.41) is 4.49. The van der Waals surface area contributed by atoms with E-state index in [1.165, 1.54) is 11.3 Å². The Kier molecular flexibility index (Phi) is 4.85. The lowest BCUT2D eigenvalue weighted by Crippen LogP contribution is -2.16. The molecule has 112 valence electrons. The Morgan fingerprint density at radius 2 is 2.14 bits per heavy atom. The fourth-order valence-corrected chi connectivity index (χ4v) is 3.06. The van der Waals surface area contributed by atoms with Crippen LogP contribution in [0.2, 0.25) is 5.02 Å². The van der Waals surface area contributed by atoms with Crippen molar-refractivity contribution in [1.29, 1.82) is 0 Å². The summed E-state index contributed by atoms with van der Waals surface area (Å²) in [6, 6.07) is 5.44. The number of carbonyl (C=O) groups is 1. The first-order valence-electron chi connectivity index (χ1n) is 6.67. The Balaban J connectivity index is 2.30. The van der Waals surface area contributed by atoms with Crippen LogP contribution in [-0.2, 0) is 6.42 Å². The van der Waals surface area contributed by atoms with Crippen LogP contribution in [0.3, 0.4) is 0 Å². The highest BCUT2D eigenvalue weighted by Crippen LogP contribution is 2.29. The number of carbonyl (C=O) groups excluding carboxylic acids is 1. The maximum absolute atomic E-state index is 12.4. The maximum atomic E-state index is 12.4. The summed E-state index contributed by atoms with van der Waals surface area (Å²) in [5.41, 5.74) is 2.37. The number of aryl methyl sites for hydroxylation is 2. The second kappa shape index (κ2) is 6.45. The largest absolute Gasteiger partial charge is 0.376 e. The highest BCUT2D eigenvalue weighted by Gasteiger charge is 2.16. The van der Waals surface area contributed by atoms with Gasteiger partial charge in [-0.2, -0.15) is 0 Å². The first-order valence-corrected chi connectivity index (χ1v) is 7.86. The first kappa shape index (κ1) is 15.8. The van der Waals surface area contributed by atoms with Gasteiger partial charge in [-0.05, 0) is 31.5 Å². The molecule has 4 nitrogen and oxygen atoms in total. The number of hydrogen-bond donors (Lipinski definition) is 1. The third-order valence-electron chi connectivity index (χ3n) is 3.04. The quantitative estimate of drug-likeness (QED) is 0.925. The number of benzene rings is 1. The van der Waals surface area contributed by atoms with E-state index in [0.29, 0.717) is 15.6 Å². The number of amides is 1. The topological polar surface area (TPSA) is 45.2 Å². The zero-order chi connectivity index (χ0) is 15.6. The van der Waals surface area contributed by atoms with E-state index in [2.05, 4.69) is 10.3 Å². The number of thiazole rings is 1. The zero-order valence-electron chi connectivity index (χ0n) is 12.5. The average Bonchev–Trinajstić information content (AvgIpc) is 2.80. The van der Waals surface area contributed by atoms with Gasteiger partial charge in [-0.3, -0.25) is 4.79 Å².